The number of furan rings is 1. The molecule has 0 aliphatic heterocycles. The number of aromatic carboxylic acids is 1. The Labute approximate surface area is 115 Å². The van der Waals surface area contributed by atoms with Gasteiger partial charge in [-0.3, -0.25) is 0 Å². The van der Waals surface area contributed by atoms with Crippen LogP contribution < -0.4 is 0 Å². The zero-order chi connectivity index (χ0) is 14.3. The predicted octanol–water partition coefficient (Wildman–Crippen LogP) is 3.81. The van der Waals surface area contributed by atoms with Crippen LogP contribution >= 0.6 is 0 Å². The Morgan fingerprint density at radius 1 is 1.25 bits per heavy atom. The van der Waals surface area contributed by atoms with Crippen LogP contribution in [0.4, 0.5) is 0 Å². The average Bonchev–Trinajstić information content (AvgIpc) is 2.91. The van der Waals surface area contributed by atoms with Gasteiger partial charge in [-0.2, -0.15) is 0 Å². The number of hydrogen-bond donors (Lipinski definition) is 1. The number of carboxylic acids is 1. The summed E-state index contributed by atoms with van der Waals surface area (Å²) in [6, 6.07) is 9.15. The first-order valence-corrected chi connectivity index (χ1v) is 6.26. The van der Waals surface area contributed by atoms with E-state index in [1.165, 1.54) is 0 Å². The van der Waals surface area contributed by atoms with E-state index in [2.05, 4.69) is 4.98 Å². The lowest BCUT2D eigenvalue weighted by atomic mass is 9.99. The molecule has 2 heterocycles. The fraction of sp³-hybridized carbons (Fsp3) is 0.125. The third kappa shape index (κ3) is 1.86. The Kier molecular flexibility index (Phi) is 2.79. The lowest BCUT2D eigenvalue weighted by molar-refractivity contribution is 0.0698. The Hall–Kier alpha value is -2.62. The summed E-state index contributed by atoms with van der Waals surface area (Å²) in [5.41, 5.74) is 3.14. The van der Waals surface area contributed by atoms with E-state index in [0.717, 1.165) is 5.56 Å². The Bertz CT molecular complexity index is 804. The number of benzene rings is 1. The van der Waals surface area contributed by atoms with Gasteiger partial charge in [0.05, 0.1) is 17.3 Å². The summed E-state index contributed by atoms with van der Waals surface area (Å²) in [5.74, 6) is -0.374. The van der Waals surface area contributed by atoms with E-state index in [1.807, 2.05) is 25.1 Å². The van der Waals surface area contributed by atoms with Crippen molar-refractivity contribution in [3.63, 3.8) is 0 Å². The second kappa shape index (κ2) is 4.49. The van der Waals surface area contributed by atoms with Crippen LogP contribution in [0.2, 0.25) is 0 Å². The first-order chi connectivity index (χ1) is 9.58. The quantitative estimate of drug-likeness (QED) is 0.766. The zero-order valence-electron chi connectivity index (χ0n) is 11.2. The van der Waals surface area contributed by atoms with Crippen molar-refractivity contribution in [2.24, 2.45) is 0 Å². The molecular formula is C16H13NO3. The molecule has 4 heteroatoms. The molecule has 0 spiro atoms. The number of carboxylic acid groups (broad SMARTS) is 1. The number of carbonyl (C=O) groups is 1. The van der Waals surface area contributed by atoms with Crippen molar-refractivity contribution < 1.29 is 14.3 Å². The molecule has 0 aliphatic rings. The molecular weight excluding hydrogens is 254 g/mol. The van der Waals surface area contributed by atoms with E-state index < -0.39 is 5.97 Å². The van der Waals surface area contributed by atoms with Gasteiger partial charge in [0.25, 0.3) is 0 Å². The molecule has 0 bridgehead atoms. The van der Waals surface area contributed by atoms with Gasteiger partial charge in [-0.05, 0) is 43.7 Å². The SMILES string of the molecule is Cc1ccc2nc(-c3ccco3)c(C)c(C(=O)O)c2c1. The molecule has 4 nitrogen and oxygen atoms in total. The number of hydrogen-bond acceptors (Lipinski definition) is 3. The number of pyridine rings is 1. The Morgan fingerprint density at radius 3 is 2.70 bits per heavy atom. The molecule has 100 valence electrons. The fourth-order valence-corrected chi connectivity index (χ4v) is 2.40. The van der Waals surface area contributed by atoms with Gasteiger partial charge in [0.1, 0.15) is 5.69 Å². The predicted molar refractivity (Wildman–Crippen MR) is 75.9 cm³/mol. The third-order valence-electron chi connectivity index (χ3n) is 3.35. The minimum atomic E-state index is -0.951. The zero-order valence-corrected chi connectivity index (χ0v) is 11.2. The normalized spacial score (nSPS) is 10.9. The van der Waals surface area contributed by atoms with Gasteiger partial charge in [-0.1, -0.05) is 11.6 Å². The molecule has 3 aromatic rings. The van der Waals surface area contributed by atoms with Gasteiger partial charge in [0.15, 0.2) is 5.76 Å². The number of nitrogens with zero attached hydrogens (tertiary/aromatic N) is 1. The molecule has 1 aromatic carbocycles. The first-order valence-electron chi connectivity index (χ1n) is 6.26. The van der Waals surface area contributed by atoms with E-state index in [4.69, 9.17) is 4.42 Å². The molecule has 1 N–H and O–H groups in total. The average molecular weight is 267 g/mol. The van der Waals surface area contributed by atoms with Crippen molar-refractivity contribution >= 4 is 16.9 Å². The molecule has 0 saturated heterocycles. The maximum atomic E-state index is 11.6. The highest BCUT2D eigenvalue weighted by Gasteiger charge is 2.19. The van der Waals surface area contributed by atoms with Crippen molar-refractivity contribution in [1.82, 2.24) is 4.98 Å². The minimum Gasteiger partial charge on any atom is -0.478 e. The number of aromatic nitrogens is 1. The van der Waals surface area contributed by atoms with Crippen LogP contribution in [0.15, 0.2) is 41.0 Å². The van der Waals surface area contributed by atoms with Gasteiger partial charge in [-0.25, -0.2) is 9.78 Å². The van der Waals surface area contributed by atoms with Crippen molar-refractivity contribution in [3.8, 4) is 11.5 Å². The standard InChI is InChI=1S/C16H13NO3/c1-9-5-6-12-11(8-9)14(16(18)19)10(2)15(17-12)13-4-3-7-20-13/h3-8H,1-2H3,(H,18,19). The number of fused-ring (bicyclic) bond motifs is 1. The second-order valence-electron chi connectivity index (χ2n) is 4.76. The van der Waals surface area contributed by atoms with Crippen molar-refractivity contribution in [1.29, 1.82) is 0 Å². The summed E-state index contributed by atoms with van der Waals surface area (Å²) in [6.45, 7) is 3.69. The number of rotatable bonds is 2. The maximum absolute atomic E-state index is 11.6. The molecule has 0 aliphatic carbocycles. The Morgan fingerprint density at radius 2 is 2.05 bits per heavy atom. The molecule has 0 fully saturated rings. The van der Waals surface area contributed by atoms with E-state index in [9.17, 15) is 9.90 Å². The molecule has 20 heavy (non-hydrogen) atoms. The summed E-state index contributed by atoms with van der Waals surface area (Å²) in [6.07, 6.45) is 1.55. The van der Waals surface area contributed by atoms with Gasteiger partial charge in [0, 0.05) is 5.39 Å². The Balaban J connectivity index is 2.43. The summed E-state index contributed by atoms with van der Waals surface area (Å²) in [5, 5.41) is 10.2. The van der Waals surface area contributed by atoms with Crippen LogP contribution in [0.5, 0.6) is 0 Å². The molecule has 0 saturated carbocycles. The molecule has 2 aromatic heterocycles. The van der Waals surface area contributed by atoms with Crippen LogP contribution in [0.1, 0.15) is 21.5 Å². The van der Waals surface area contributed by atoms with Crippen molar-refractivity contribution in [2.45, 2.75) is 13.8 Å². The summed E-state index contributed by atoms with van der Waals surface area (Å²) in [4.78, 5) is 16.2. The van der Waals surface area contributed by atoms with E-state index in [0.29, 0.717) is 27.9 Å². The minimum absolute atomic E-state index is 0.283. The molecule has 0 radical (unpaired) electrons. The van der Waals surface area contributed by atoms with Crippen LogP contribution in [-0.4, -0.2) is 16.1 Å². The highest BCUT2D eigenvalue weighted by Crippen LogP contribution is 2.30. The van der Waals surface area contributed by atoms with Crippen LogP contribution in [-0.2, 0) is 0 Å². The fourth-order valence-electron chi connectivity index (χ4n) is 2.40. The lowest BCUT2D eigenvalue weighted by Crippen LogP contribution is -2.04. The van der Waals surface area contributed by atoms with E-state index in [1.54, 1.807) is 25.3 Å². The summed E-state index contributed by atoms with van der Waals surface area (Å²) in [7, 11) is 0. The molecule has 0 unspecified atom stereocenters. The highest BCUT2D eigenvalue weighted by molar-refractivity contribution is 6.05. The largest absolute Gasteiger partial charge is 0.478 e. The summed E-state index contributed by atoms with van der Waals surface area (Å²) < 4.78 is 5.35. The number of aryl methyl sites for hydroxylation is 1. The molecule has 0 atom stereocenters. The van der Waals surface area contributed by atoms with Gasteiger partial charge in [0.2, 0.25) is 0 Å². The molecule has 0 amide bonds. The van der Waals surface area contributed by atoms with Gasteiger partial charge < -0.3 is 9.52 Å². The maximum Gasteiger partial charge on any atom is 0.336 e. The topological polar surface area (TPSA) is 63.3 Å². The highest BCUT2D eigenvalue weighted by atomic mass is 16.4. The monoisotopic (exact) mass is 267 g/mol. The van der Waals surface area contributed by atoms with Gasteiger partial charge >= 0.3 is 5.97 Å². The van der Waals surface area contributed by atoms with E-state index >= 15 is 0 Å². The van der Waals surface area contributed by atoms with Crippen LogP contribution in [0, 0.1) is 13.8 Å². The van der Waals surface area contributed by atoms with Crippen molar-refractivity contribution in [3.05, 3.63) is 53.3 Å². The van der Waals surface area contributed by atoms with Crippen molar-refractivity contribution in [2.75, 3.05) is 0 Å². The lowest BCUT2D eigenvalue weighted by Gasteiger charge is -2.10. The second-order valence-corrected chi connectivity index (χ2v) is 4.76. The smallest absolute Gasteiger partial charge is 0.336 e. The molecule has 3 rings (SSSR count). The van der Waals surface area contributed by atoms with Gasteiger partial charge in [-0.15, -0.1) is 0 Å². The summed E-state index contributed by atoms with van der Waals surface area (Å²) >= 11 is 0. The third-order valence-corrected chi connectivity index (χ3v) is 3.35. The van der Waals surface area contributed by atoms with Crippen LogP contribution in [0.25, 0.3) is 22.4 Å². The van der Waals surface area contributed by atoms with E-state index in [-0.39, 0.29) is 5.56 Å². The van der Waals surface area contributed by atoms with Crippen LogP contribution in [0.3, 0.4) is 0 Å². The first kappa shape index (κ1) is 12.4.